The van der Waals surface area contributed by atoms with Gasteiger partial charge in [0.1, 0.15) is 10.7 Å². The van der Waals surface area contributed by atoms with Gasteiger partial charge in [-0.1, -0.05) is 12.1 Å². The molecule has 2 N–H and O–H groups in total. The molecule has 0 spiro atoms. The summed E-state index contributed by atoms with van der Waals surface area (Å²) in [5, 5.41) is 11.8. The molecule has 1 amide bonds. The number of fused-ring (bicyclic) bond motifs is 2. The Labute approximate surface area is 141 Å². The number of nitrogens with one attached hydrogen (secondary N) is 2. The average molecular weight is 337 g/mol. The first kappa shape index (κ1) is 14.8. The zero-order valence-corrected chi connectivity index (χ0v) is 14.3. The number of carbonyl (C=O) groups is 1. The molecular formula is C17H15N5OS. The predicted molar refractivity (Wildman–Crippen MR) is 95.7 cm³/mol. The van der Waals surface area contributed by atoms with Gasteiger partial charge in [0.15, 0.2) is 0 Å². The number of hydrogen-bond donors (Lipinski definition) is 2. The lowest BCUT2D eigenvalue weighted by molar-refractivity contribution is 0.103. The number of anilines is 1. The molecule has 0 saturated heterocycles. The van der Waals surface area contributed by atoms with Crippen molar-refractivity contribution in [3.63, 3.8) is 0 Å². The van der Waals surface area contributed by atoms with E-state index in [0.717, 1.165) is 38.2 Å². The number of thiophene rings is 1. The molecule has 24 heavy (non-hydrogen) atoms. The number of hydrogen-bond acceptors (Lipinski definition) is 5. The van der Waals surface area contributed by atoms with E-state index in [4.69, 9.17) is 0 Å². The number of H-pyrrole nitrogens is 1. The lowest BCUT2D eigenvalue weighted by Gasteiger charge is -2.05. The van der Waals surface area contributed by atoms with Crippen molar-refractivity contribution >= 4 is 44.1 Å². The second-order valence-electron chi connectivity index (χ2n) is 5.69. The summed E-state index contributed by atoms with van der Waals surface area (Å²) in [7, 11) is 0. The highest BCUT2D eigenvalue weighted by molar-refractivity contribution is 7.20. The number of aromatic nitrogens is 4. The molecule has 4 aromatic rings. The summed E-state index contributed by atoms with van der Waals surface area (Å²) in [5.74, 6) is 0.574. The predicted octanol–water partition coefficient (Wildman–Crippen LogP) is 3.75. The van der Waals surface area contributed by atoms with Crippen LogP contribution in [0.15, 0.2) is 24.4 Å². The summed E-state index contributed by atoms with van der Waals surface area (Å²) in [6.45, 7) is 5.75. The maximum Gasteiger partial charge on any atom is 0.266 e. The molecule has 1 aromatic carbocycles. The highest BCUT2D eigenvalue weighted by atomic mass is 32.1. The number of rotatable bonds is 2. The fourth-order valence-electron chi connectivity index (χ4n) is 2.94. The summed E-state index contributed by atoms with van der Waals surface area (Å²) < 4.78 is 0. The van der Waals surface area contributed by atoms with E-state index in [2.05, 4.69) is 25.5 Å². The highest BCUT2D eigenvalue weighted by Gasteiger charge is 2.19. The van der Waals surface area contributed by atoms with E-state index >= 15 is 0 Å². The van der Waals surface area contributed by atoms with Crippen LogP contribution in [0.5, 0.6) is 0 Å². The molecule has 3 aromatic heterocycles. The van der Waals surface area contributed by atoms with Gasteiger partial charge in [-0.05, 0) is 32.4 Å². The molecule has 0 atom stereocenters. The van der Waals surface area contributed by atoms with Crippen LogP contribution >= 0.6 is 11.3 Å². The normalized spacial score (nSPS) is 11.3. The Morgan fingerprint density at radius 1 is 1.21 bits per heavy atom. The SMILES string of the molecule is Cc1nc(C)c2c(C)c(C(=O)Nc3cccc4cn[nH]c34)sc2n1. The fraction of sp³-hybridized carbons (Fsp3) is 0.176. The zero-order chi connectivity index (χ0) is 16.8. The molecule has 6 nitrogen and oxygen atoms in total. The Morgan fingerprint density at radius 3 is 2.88 bits per heavy atom. The Kier molecular flexibility index (Phi) is 3.31. The summed E-state index contributed by atoms with van der Waals surface area (Å²) in [6, 6.07) is 5.70. The molecule has 120 valence electrons. The van der Waals surface area contributed by atoms with E-state index in [1.165, 1.54) is 11.3 Å². The topological polar surface area (TPSA) is 83.6 Å². The Hall–Kier alpha value is -2.80. The smallest absolute Gasteiger partial charge is 0.266 e. The van der Waals surface area contributed by atoms with Gasteiger partial charge in [0.05, 0.1) is 22.3 Å². The number of carbonyl (C=O) groups excluding carboxylic acids is 1. The summed E-state index contributed by atoms with van der Waals surface area (Å²) >= 11 is 1.40. The van der Waals surface area contributed by atoms with Gasteiger partial charge in [0.25, 0.3) is 5.91 Å². The van der Waals surface area contributed by atoms with Crippen molar-refractivity contribution in [2.24, 2.45) is 0 Å². The van der Waals surface area contributed by atoms with Gasteiger partial charge < -0.3 is 5.32 Å². The van der Waals surface area contributed by atoms with E-state index in [1.807, 2.05) is 39.0 Å². The summed E-state index contributed by atoms with van der Waals surface area (Å²) in [5.41, 5.74) is 3.35. The van der Waals surface area contributed by atoms with Crippen molar-refractivity contribution in [2.75, 3.05) is 5.32 Å². The van der Waals surface area contributed by atoms with Gasteiger partial charge in [0.2, 0.25) is 0 Å². The second-order valence-corrected chi connectivity index (χ2v) is 6.69. The molecule has 0 radical (unpaired) electrons. The van der Waals surface area contributed by atoms with Crippen LogP contribution in [0.4, 0.5) is 5.69 Å². The lowest BCUT2D eigenvalue weighted by atomic mass is 10.1. The highest BCUT2D eigenvalue weighted by Crippen LogP contribution is 2.32. The maximum atomic E-state index is 12.8. The molecule has 0 aliphatic rings. The lowest BCUT2D eigenvalue weighted by Crippen LogP contribution is -2.11. The van der Waals surface area contributed by atoms with E-state index in [0.29, 0.717) is 10.6 Å². The van der Waals surface area contributed by atoms with Crippen LogP contribution in [0.3, 0.4) is 0 Å². The molecule has 0 unspecified atom stereocenters. The minimum atomic E-state index is -0.144. The van der Waals surface area contributed by atoms with Gasteiger partial charge in [-0.25, -0.2) is 9.97 Å². The van der Waals surface area contributed by atoms with Gasteiger partial charge in [-0.15, -0.1) is 11.3 Å². The van der Waals surface area contributed by atoms with Crippen molar-refractivity contribution < 1.29 is 4.79 Å². The third-order valence-corrected chi connectivity index (χ3v) is 5.20. The largest absolute Gasteiger partial charge is 0.319 e. The first-order chi connectivity index (χ1) is 11.5. The Morgan fingerprint density at radius 2 is 2.04 bits per heavy atom. The third-order valence-electron chi connectivity index (χ3n) is 4.01. The van der Waals surface area contributed by atoms with Crippen molar-refractivity contribution in [1.82, 2.24) is 20.2 Å². The molecule has 0 fully saturated rings. The molecule has 4 rings (SSSR count). The number of para-hydroxylation sites is 1. The molecule has 0 aliphatic carbocycles. The number of nitrogens with zero attached hydrogens (tertiary/aromatic N) is 3. The second kappa shape index (κ2) is 5.38. The van der Waals surface area contributed by atoms with Gasteiger partial charge in [-0.3, -0.25) is 9.89 Å². The molecule has 0 bridgehead atoms. The van der Waals surface area contributed by atoms with Crippen LogP contribution in [-0.4, -0.2) is 26.1 Å². The van der Waals surface area contributed by atoms with Gasteiger partial charge in [-0.2, -0.15) is 5.10 Å². The first-order valence-corrected chi connectivity index (χ1v) is 8.34. The van der Waals surface area contributed by atoms with Crippen molar-refractivity contribution in [2.45, 2.75) is 20.8 Å². The zero-order valence-electron chi connectivity index (χ0n) is 13.5. The van der Waals surface area contributed by atoms with Crippen molar-refractivity contribution in [3.8, 4) is 0 Å². The Bertz CT molecular complexity index is 1100. The third kappa shape index (κ3) is 2.25. The van der Waals surface area contributed by atoms with Crippen molar-refractivity contribution in [3.05, 3.63) is 46.4 Å². The van der Waals surface area contributed by atoms with E-state index < -0.39 is 0 Å². The van der Waals surface area contributed by atoms with E-state index in [-0.39, 0.29) is 5.91 Å². The average Bonchev–Trinajstić information content (AvgIpc) is 3.12. The van der Waals surface area contributed by atoms with Crippen LogP contribution in [0.25, 0.3) is 21.1 Å². The van der Waals surface area contributed by atoms with E-state index in [1.54, 1.807) is 6.20 Å². The Balaban J connectivity index is 1.77. The molecule has 0 aliphatic heterocycles. The maximum absolute atomic E-state index is 12.8. The number of benzene rings is 1. The van der Waals surface area contributed by atoms with Gasteiger partial charge >= 0.3 is 0 Å². The summed E-state index contributed by atoms with van der Waals surface area (Å²) in [6.07, 6.45) is 1.73. The minimum Gasteiger partial charge on any atom is -0.319 e. The minimum absolute atomic E-state index is 0.144. The molecule has 7 heteroatoms. The van der Waals surface area contributed by atoms with Crippen molar-refractivity contribution in [1.29, 1.82) is 0 Å². The van der Waals surface area contributed by atoms with Crippen LogP contribution in [0.1, 0.15) is 26.8 Å². The standard InChI is InChI=1S/C17H15N5OS/c1-8-13-9(2)19-10(3)20-17(13)24-15(8)16(23)21-12-6-4-5-11-7-18-22-14(11)12/h4-7H,1-3H3,(H,18,22)(H,21,23). The molecule has 3 heterocycles. The van der Waals surface area contributed by atoms with E-state index in [9.17, 15) is 4.79 Å². The van der Waals surface area contributed by atoms with Gasteiger partial charge in [0, 0.05) is 16.5 Å². The quantitative estimate of drug-likeness (QED) is 0.583. The fourth-order valence-corrected chi connectivity index (χ4v) is 4.12. The number of aryl methyl sites for hydroxylation is 3. The van der Waals surface area contributed by atoms with Crippen LogP contribution in [0, 0.1) is 20.8 Å². The first-order valence-electron chi connectivity index (χ1n) is 7.52. The molecule has 0 saturated carbocycles. The number of aromatic amines is 1. The summed E-state index contributed by atoms with van der Waals surface area (Å²) in [4.78, 5) is 23.2. The van der Waals surface area contributed by atoms with Crippen LogP contribution in [0.2, 0.25) is 0 Å². The monoisotopic (exact) mass is 337 g/mol. The number of amides is 1. The molecular weight excluding hydrogens is 322 g/mol. The van der Waals surface area contributed by atoms with Crippen LogP contribution < -0.4 is 5.32 Å². The van der Waals surface area contributed by atoms with Crippen LogP contribution in [-0.2, 0) is 0 Å².